The average Bonchev–Trinajstić information content (AvgIpc) is 2.58. The lowest BCUT2D eigenvalue weighted by Crippen LogP contribution is -2.42. The zero-order valence-electron chi connectivity index (χ0n) is 13.8. The van der Waals surface area contributed by atoms with E-state index in [1.54, 1.807) is 0 Å². The molecule has 122 valence electrons. The third-order valence-electron chi connectivity index (χ3n) is 4.35. The van der Waals surface area contributed by atoms with E-state index in [1.807, 2.05) is 29.2 Å². The number of nitrogens with one attached hydrogen (secondary N) is 1. The molecule has 0 radical (unpaired) electrons. The predicted molar refractivity (Wildman–Crippen MR) is 89.2 cm³/mol. The second-order valence-electron chi connectivity index (χ2n) is 5.88. The van der Waals surface area contributed by atoms with Crippen LogP contribution in [0.1, 0.15) is 32.3 Å². The number of nitrogens with zero attached hydrogens (tertiary/aromatic N) is 1. The van der Waals surface area contributed by atoms with Crippen LogP contribution in [-0.4, -0.2) is 43.6 Å². The average molecular weight is 304 g/mol. The molecule has 0 unspecified atom stereocenters. The van der Waals surface area contributed by atoms with Gasteiger partial charge in [-0.05, 0) is 49.9 Å². The van der Waals surface area contributed by atoms with Crippen molar-refractivity contribution in [2.75, 3.05) is 32.8 Å². The molecule has 2 rings (SSSR count). The summed E-state index contributed by atoms with van der Waals surface area (Å²) in [5.74, 6) is 1.64. The summed E-state index contributed by atoms with van der Waals surface area (Å²) in [6.45, 7) is 8.17. The summed E-state index contributed by atoms with van der Waals surface area (Å²) in [6, 6.07) is 7.94. The van der Waals surface area contributed by atoms with Crippen molar-refractivity contribution >= 4 is 5.91 Å². The van der Waals surface area contributed by atoms with Gasteiger partial charge in [-0.3, -0.25) is 4.79 Å². The van der Waals surface area contributed by atoms with Gasteiger partial charge in [-0.2, -0.15) is 0 Å². The maximum absolute atomic E-state index is 12.3. The maximum atomic E-state index is 12.3. The van der Waals surface area contributed by atoms with Gasteiger partial charge in [-0.1, -0.05) is 32.0 Å². The van der Waals surface area contributed by atoms with E-state index in [-0.39, 0.29) is 12.5 Å². The van der Waals surface area contributed by atoms with Gasteiger partial charge in [0.05, 0.1) is 0 Å². The minimum absolute atomic E-state index is 0.104. The number of benzene rings is 1. The van der Waals surface area contributed by atoms with Gasteiger partial charge in [0, 0.05) is 13.1 Å². The number of carbonyl (C=O) groups is 1. The monoisotopic (exact) mass is 304 g/mol. The number of carbonyl (C=O) groups excluding carboxylic acids is 1. The Labute approximate surface area is 133 Å². The number of para-hydroxylation sites is 1. The molecule has 0 spiro atoms. The van der Waals surface area contributed by atoms with Crippen molar-refractivity contribution in [2.45, 2.75) is 33.1 Å². The van der Waals surface area contributed by atoms with Crippen molar-refractivity contribution in [1.82, 2.24) is 10.2 Å². The number of amides is 1. The summed E-state index contributed by atoms with van der Waals surface area (Å²) in [4.78, 5) is 14.2. The van der Waals surface area contributed by atoms with Crippen LogP contribution >= 0.6 is 0 Å². The van der Waals surface area contributed by atoms with Crippen LogP contribution in [0.15, 0.2) is 24.3 Å². The highest BCUT2D eigenvalue weighted by Gasteiger charge is 2.22. The minimum Gasteiger partial charge on any atom is -0.483 e. The first-order valence-electron chi connectivity index (χ1n) is 8.43. The summed E-state index contributed by atoms with van der Waals surface area (Å²) in [6.07, 6.45) is 3.09. The van der Waals surface area contributed by atoms with Gasteiger partial charge in [-0.25, -0.2) is 0 Å². The lowest BCUT2D eigenvalue weighted by atomic mass is 9.97. The second kappa shape index (κ2) is 8.79. The molecule has 1 aromatic rings. The van der Waals surface area contributed by atoms with E-state index in [1.165, 1.54) is 0 Å². The minimum atomic E-state index is 0.104. The van der Waals surface area contributed by atoms with Crippen LogP contribution < -0.4 is 10.1 Å². The molecular weight excluding hydrogens is 276 g/mol. The lowest BCUT2D eigenvalue weighted by molar-refractivity contribution is -0.134. The maximum Gasteiger partial charge on any atom is 0.260 e. The smallest absolute Gasteiger partial charge is 0.260 e. The molecule has 4 nitrogen and oxygen atoms in total. The summed E-state index contributed by atoms with van der Waals surface area (Å²) in [7, 11) is 0. The number of likely N-dealkylation sites (tertiary alicyclic amines) is 1. The number of piperidine rings is 1. The molecule has 4 heteroatoms. The third-order valence-corrected chi connectivity index (χ3v) is 4.35. The Morgan fingerprint density at radius 1 is 1.27 bits per heavy atom. The molecule has 0 bridgehead atoms. The predicted octanol–water partition coefficient (Wildman–Crippen LogP) is 2.48. The highest BCUT2D eigenvalue weighted by molar-refractivity contribution is 5.77. The first-order valence-corrected chi connectivity index (χ1v) is 8.43. The van der Waals surface area contributed by atoms with E-state index < -0.39 is 0 Å². The van der Waals surface area contributed by atoms with Crippen LogP contribution in [-0.2, 0) is 11.2 Å². The fourth-order valence-corrected chi connectivity index (χ4v) is 2.90. The molecule has 1 N–H and O–H groups in total. The van der Waals surface area contributed by atoms with E-state index >= 15 is 0 Å². The van der Waals surface area contributed by atoms with Crippen molar-refractivity contribution in [2.24, 2.45) is 5.92 Å². The Morgan fingerprint density at radius 3 is 2.68 bits per heavy atom. The van der Waals surface area contributed by atoms with Crippen LogP contribution in [0.2, 0.25) is 0 Å². The third kappa shape index (κ3) is 4.73. The highest BCUT2D eigenvalue weighted by Crippen LogP contribution is 2.19. The standard InChI is InChI=1S/C18H28N2O2/c1-3-16-7-5-6-8-17(16)22-14-18(21)20-11-9-15(10-12-20)13-19-4-2/h5-8,15,19H,3-4,9-14H2,1-2H3. The van der Waals surface area contributed by atoms with Gasteiger partial charge in [0.1, 0.15) is 5.75 Å². The van der Waals surface area contributed by atoms with Gasteiger partial charge in [0.15, 0.2) is 6.61 Å². The van der Waals surface area contributed by atoms with E-state index in [9.17, 15) is 4.79 Å². The molecule has 0 aliphatic carbocycles. The Kier molecular flexibility index (Phi) is 6.72. The molecule has 22 heavy (non-hydrogen) atoms. The number of hydrogen-bond acceptors (Lipinski definition) is 3. The molecule has 0 atom stereocenters. The van der Waals surface area contributed by atoms with Gasteiger partial charge in [0.2, 0.25) is 0 Å². The fraction of sp³-hybridized carbons (Fsp3) is 0.611. The summed E-state index contributed by atoms with van der Waals surface area (Å²) >= 11 is 0. The highest BCUT2D eigenvalue weighted by atomic mass is 16.5. The Morgan fingerprint density at radius 2 is 2.00 bits per heavy atom. The molecule has 1 aromatic carbocycles. The molecule has 1 heterocycles. The van der Waals surface area contributed by atoms with Crippen LogP contribution in [0.4, 0.5) is 0 Å². The fourth-order valence-electron chi connectivity index (χ4n) is 2.90. The zero-order chi connectivity index (χ0) is 15.8. The number of rotatable bonds is 7. The number of aryl methyl sites for hydroxylation is 1. The lowest BCUT2D eigenvalue weighted by Gasteiger charge is -2.32. The van der Waals surface area contributed by atoms with Gasteiger partial charge in [0.25, 0.3) is 5.91 Å². The van der Waals surface area contributed by atoms with Gasteiger partial charge in [-0.15, -0.1) is 0 Å². The van der Waals surface area contributed by atoms with E-state index in [2.05, 4.69) is 19.2 Å². The molecule has 0 aromatic heterocycles. The van der Waals surface area contributed by atoms with Crippen LogP contribution in [0, 0.1) is 5.92 Å². The first-order chi connectivity index (χ1) is 10.7. The van der Waals surface area contributed by atoms with Crippen molar-refractivity contribution in [3.05, 3.63) is 29.8 Å². The summed E-state index contributed by atoms with van der Waals surface area (Å²) < 4.78 is 5.73. The normalized spacial score (nSPS) is 15.8. The van der Waals surface area contributed by atoms with E-state index in [4.69, 9.17) is 4.74 Å². The van der Waals surface area contributed by atoms with Gasteiger partial charge < -0.3 is 15.0 Å². The van der Waals surface area contributed by atoms with E-state index in [0.717, 1.165) is 56.8 Å². The first kappa shape index (κ1) is 16.8. The Hall–Kier alpha value is -1.55. The molecular formula is C18H28N2O2. The molecule has 1 aliphatic heterocycles. The summed E-state index contributed by atoms with van der Waals surface area (Å²) in [5.41, 5.74) is 1.15. The largest absolute Gasteiger partial charge is 0.483 e. The Balaban J connectivity index is 1.76. The van der Waals surface area contributed by atoms with Crippen molar-refractivity contribution < 1.29 is 9.53 Å². The number of hydrogen-bond donors (Lipinski definition) is 1. The van der Waals surface area contributed by atoms with Crippen molar-refractivity contribution in [3.8, 4) is 5.75 Å². The number of ether oxygens (including phenoxy) is 1. The van der Waals surface area contributed by atoms with Crippen LogP contribution in [0.25, 0.3) is 0 Å². The summed E-state index contributed by atoms with van der Waals surface area (Å²) in [5, 5.41) is 3.39. The topological polar surface area (TPSA) is 41.6 Å². The van der Waals surface area contributed by atoms with Crippen molar-refractivity contribution in [1.29, 1.82) is 0 Å². The Bertz CT molecular complexity index is 468. The second-order valence-corrected chi connectivity index (χ2v) is 5.88. The van der Waals surface area contributed by atoms with Crippen LogP contribution in [0.3, 0.4) is 0 Å². The van der Waals surface area contributed by atoms with E-state index in [0.29, 0.717) is 5.92 Å². The molecule has 1 amide bonds. The molecule has 1 saturated heterocycles. The molecule has 0 saturated carbocycles. The molecule has 1 aliphatic rings. The van der Waals surface area contributed by atoms with Crippen LogP contribution in [0.5, 0.6) is 5.75 Å². The quantitative estimate of drug-likeness (QED) is 0.841. The molecule has 1 fully saturated rings. The zero-order valence-corrected chi connectivity index (χ0v) is 13.8. The SMILES string of the molecule is CCNCC1CCN(C(=O)COc2ccccc2CC)CC1. The van der Waals surface area contributed by atoms with Crippen molar-refractivity contribution in [3.63, 3.8) is 0 Å². The van der Waals surface area contributed by atoms with Gasteiger partial charge >= 0.3 is 0 Å².